The zero-order chi connectivity index (χ0) is 26.2. The molecule has 0 saturated carbocycles. The van der Waals surface area contributed by atoms with E-state index in [4.69, 9.17) is 0 Å². The Morgan fingerprint density at radius 1 is 0.538 bits per heavy atom. The molecule has 6 rings (SSSR count). The van der Waals surface area contributed by atoms with E-state index in [-0.39, 0.29) is 28.0 Å². The SMILES string of the molecule is [Ni].[O-]c1ccc(N=Nc2ccccn2)c2[c-]cccc12.[O-]c1ccc(N=Nc2ccccn2)c2ncccc12. The molecule has 9 nitrogen and oxygen atoms in total. The van der Waals surface area contributed by atoms with Gasteiger partial charge in [-0.2, -0.15) is 5.11 Å². The van der Waals surface area contributed by atoms with Crippen LogP contribution in [0.2, 0.25) is 0 Å². The molecule has 0 bridgehead atoms. The van der Waals surface area contributed by atoms with E-state index in [1.165, 1.54) is 12.1 Å². The zero-order valence-corrected chi connectivity index (χ0v) is 21.1. The third-order valence-corrected chi connectivity index (χ3v) is 5.30. The predicted molar refractivity (Wildman–Crippen MR) is 140 cm³/mol. The van der Waals surface area contributed by atoms with Crippen molar-refractivity contribution in [2.45, 2.75) is 0 Å². The van der Waals surface area contributed by atoms with Crippen LogP contribution in [-0.4, -0.2) is 15.0 Å². The molecule has 10 heteroatoms. The molecule has 39 heavy (non-hydrogen) atoms. The fourth-order valence-electron chi connectivity index (χ4n) is 3.51. The van der Waals surface area contributed by atoms with E-state index in [9.17, 15) is 10.2 Å². The molecule has 0 radical (unpaired) electrons. The fourth-order valence-corrected chi connectivity index (χ4v) is 3.51. The Morgan fingerprint density at radius 2 is 1.13 bits per heavy atom. The van der Waals surface area contributed by atoms with Crippen molar-refractivity contribution in [3.63, 3.8) is 0 Å². The topological polar surface area (TPSA) is 134 Å². The Balaban J connectivity index is 0.000000176. The molecule has 0 atom stereocenters. The second-order valence-corrected chi connectivity index (χ2v) is 7.80. The van der Waals surface area contributed by atoms with Crippen molar-refractivity contribution in [1.29, 1.82) is 0 Å². The maximum absolute atomic E-state index is 11.7. The summed E-state index contributed by atoms with van der Waals surface area (Å²) in [4.78, 5) is 12.3. The van der Waals surface area contributed by atoms with E-state index in [1.807, 2.05) is 24.3 Å². The smallest absolute Gasteiger partial charge is 0.174 e. The third kappa shape index (κ3) is 6.63. The summed E-state index contributed by atoms with van der Waals surface area (Å²) in [7, 11) is 0. The summed E-state index contributed by atoms with van der Waals surface area (Å²) < 4.78 is 0. The molecule has 3 aromatic heterocycles. The Kier molecular flexibility index (Phi) is 8.95. The van der Waals surface area contributed by atoms with Crippen molar-refractivity contribution >= 4 is 44.7 Å². The molecule has 0 aliphatic heterocycles. The van der Waals surface area contributed by atoms with E-state index in [2.05, 4.69) is 41.5 Å². The number of hydrogen-bond donors (Lipinski definition) is 0. The fraction of sp³-hybridized carbons (Fsp3) is 0. The first-order valence-electron chi connectivity index (χ1n) is 11.5. The monoisotopic (exact) mass is 554 g/mol. The van der Waals surface area contributed by atoms with Gasteiger partial charge in [-0.25, -0.2) is 9.97 Å². The predicted octanol–water partition coefficient (Wildman–Crippen LogP) is 6.64. The maximum Gasteiger partial charge on any atom is 0.174 e. The molecule has 0 N–H and O–H groups in total. The Labute approximate surface area is 233 Å². The third-order valence-electron chi connectivity index (χ3n) is 5.30. The van der Waals surface area contributed by atoms with Crippen molar-refractivity contribution in [2.24, 2.45) is 20.5 Å². The molecule has 0 fully saturated rings. The number of fused-ring (bicyclic) bond motifs is 2. The van der Waals surface area contributed by atoms with Crippen molar-refractivity contribution in [3.05, 3.63) is 116 Å². The summed E-state index contributed by atoms with van der Waals surface area (Å²) in [6, 6.07) is 28.8. The standard InChI is InChI=1S/C15H10N3O.C14H10N4O.Ni/c19-14-9-8-13(11-5-1-2-6-12(11)14)17-18-15-7-3-4-10-16-15;19-12-7-6-11(14-10(12)4-3-9-16-14)17-18-13-5-1-2-8-15-13;/h1-4,6-10,19H;1-9,19H;/q-1;;/p-2. The number of pyridine rings is 3. The van der Waals surface area contributed by atoms with E-state index in [0.29, 0.717) is 44.7 Å². The molecular weight excluding hydrogens is 537 g/mol. The molecule has 0 amide bonds. The molecule has 0 aliphatic carbocycles. The summed E-state index contributed by atoms with van der Waals surface area (Å²) in [5.74, 6) is 0.930. The number of rotatable bonds is 4. The van der Waals surface area contributed by atoms with Crippen LogP contribution in [-0.2, 0) is 16.5 Å². The van der Waals surface area contributed by atoms with Gasteiger partial charge in [0.25, 0.3) is 0 Å². The van der Waals surface area contributed by atoms with Crippen LogP contribution in [0.15, 0.2) is 130 Å². The van der Waals surface area contributed by atoms with Crippen LogP contribution in [0.4, 0.5) is 23.0 Å². The average Bonchev–Trinajstić information content (AvgIpc) is 2.98. The van der Waals surface area contributed by atoms with Gasteiger partial charge in [-0.3, -0.25) is 4.98 Å². The Hall–Kier alpha value is -5.08. The molecule has 3 heterocycles. The van der Waals surface area contributed by atoms with Crippen LogP contribution < -0.4 is 10.2 Å². The van der Waals surface area contributed by atoms with Gasteiger partial charge >= 0.3 is 0 Å². The Bertz CT molecular complexity index is 1620. The van der Waals surface area contributed by atoms with Crippen molar-refractivity contribution in [3.8, 4) is 11.5 Å². The largest absolute Gasteiger partial charge is 0.879 e. The van der Waals surface area contributed by atoms with Crippen LogP contribution in [0, 0.1) is 6.07 Å². The number of nitrogens with zero attached hydrogens (tertiary/aromatic N) is 7. The van der Waals surface area contributed by atoms with Gasteiger partial charge in [-0.15, -0.1) is 56.1 Å². The average molecular weight is 555 g/mol. The molecule has 3 aromatic carbocycles. The van der Waals surface area contributed by atoms with Gasteiger partial charge in [0.15, 0.2) is 11.6 Å². The summed E-state index contributed by atoms with van der Waals surface area (Å²) in [5.41, 5.74) is 1.72. The summed E-state index contributed by atoms with van der Waals surface area (Å²) in [6.07, 6.45) is 4.92. The molecule has 6 aromatic rings. The quantitative estimate of drug-likeness (QED) is 0.137. The van der Waals surface area contributed by atoms with Gasteiger partial charge in [-0.05, 0) is 41.8 Å². The van der Waals surface area contributed by atoms with Crippen LogP contribution in [0.1, 0.15) is 0 Å². The minimum Gasteiger partial charge on any atom is -0.879 e. The summed E-state index contributed by atoms with van der Waals surface area (Å²) in [6.45, 7) is 0. The summed E-state index contributed by atoms with van der Waals surface area (Å²) >= 11 is 0. The molecule has 0 aliphatic rings. The van der Waals surface area contributed by atoms with Crippen molar-refractivity contribution < 1.29 is 26.7 Å². The van der Waals surface area contributed by atoms with Crippen molar-refractivity contribution in [2.75, 3.05) is 0 Å². The second kappa shape index (κ2) is 12.9. The molecule has 0 saturated heterocycles. The number of azo groups is 2. The molecule has 0 unspecified atom stereocenters. The first-order chi connectivity index (χ1) is 18.7. The van der Waals surface area contributed by atoms with Gasteiger partial charge in [0, 0.05) is 40.8 Å². The first-order valence-corrected chi connectivity index (χ1v) is 11.5. The van der Waals surface area contributed by atoms with Crippen LogP contribution >= 0.6 is 0 Å². The van der Waals surface area contributed by atoms with Crippen molar-refractivity contribution in [1.82, 2.24) is 15.0 Å². The van der Waals surface area contributed by atoms with Crippen LogP contribution in [0.3, 0.4) is 0 Å². The van der Waals surface area contributed by atoms with Crippen LogP contribution in [0.25, 0.3) is 21.7 Å². The molecular formula is C29H18N7NiO2-3. The van der Waals surface area contributed by atoms with E-state index >= 15 is 0 Å². The van der Waals surface area contributed by atoms with E-state index in [1.54, 1.807) is 73.2 Å². The number of benzene rings is 3. The normalized spacial score (nSPS) is 10.9. The Morgan fingerprint density at radius 3 is 1.79 bits per heavy atom. The van der Waals surface area contributed by atoms with Gasteiger partial charge in [-0.1, -0.05) is 42.1 Å². The molecule has 0 spiro atoms. The molecule has 194 valence electrons. The van der Waals surface area contributed by atoms with Gasteiger partial charge in [0.1, 0.15) is 5.69 Å². The van der Waals surface area contributed by atoms with Gasteiger partial charge in [0.05, 0.1) is 5.52 Å². The zero-order valence-electron chi connectivity index (χ0n) is 20.2. The summed E-state index contributed by atoms with van der Waals surface area (Å²) in [5, 5.41) is 41.5. The van der Waals surface area contributed by atoms with Gasteiger partial charge in [0.2, 0.25) is 0 Å². The van der Waals surface area contributed by atoms with E-state index in [0.717, 1.165) is 0 Å². The van der Waals surface area contributed by atoms with E-state index < -0.39 is 0 Å². The maximum atomic E-state index is 11.7. The number of hydrogen-bond acceptors (Lipinski definition) is 9. The van der Waals surface area contributed by atoms with Crippen LogP contribution in [0.5, 0.6) is 11.5 Å². The second-order valence-electron chi connectivity index (χ2n) is 7.80. The minimum atomic E-state index is -0.0695. The minimum absolute atomic E-state index is 0. The first kappa shape index (κ1) is 27.0. The van der Waals surface area contributed by atoms with Gasteiger partial charge < -0.3 is 10.2 Å². The number of aromatic nitrogens is 3.